The Morgan fingerprint density at radius 2 is 0.600 bits per heavy atom. The molecule has 0 saturated heterocycles. The molecule has 0 fully saturated rings. The van der Waals surface area contributed by atoms with E-state index >= 15 is 0 Å². The van der Waals surface area contributed by atoms with Gasteiger partial charge in [0.25, 0.3) is 0 Å². The number of nitrogens with zero attached hydrogens (tertiary/aromatic N) is 1. The second kappa shape index (κ2) is 14.5. The van der Waals surface area contributed by atoms with Gasteiger partial charge in [-0.15, -0.1) is 0 Å². The molecule has 3 aliphatic rings. The first-order valence-corrected chi connectivity index (χ1v) is 25.0. The van der Waals surface area contributed by atoms with Crippen LogP contribution in [0.2, 0.25) is 0 Å². The van der Waals surface area contributed by atoms with E-state index in [4.69, 9.17) is 0 Å². The van der Waals surface area contributed by atoms with E-state index in [0.29, 0.717) is 0 Å². The lowest BCUT2D eigenvalue weighted by molar-refractivity contribution is 0.666. The molecule has 0 saturated carbocycles. The molecule has 0 aliphatic heterocycles. The van der Waals surface area contributed by atoms with Gasteiger partial charge in [-0.25, -0.2) is 0 Å². The van der Waals surface area contributed by atoms with E-state index in [9.17, 15) is 0 Å². The highest BCUT2D eigenvalue weighted by Crippen LogP contribution is 2.59. The number of hydrogen-bond acceptors (Lipinski definition) is 1. The highest BCUT2D eigenvalue weighted by atomic mass is 15.1. The number of anilines is 3. The van der Waals surface area contributed by atoms with Crippen molar-refractivity contribution in [2.75, 3.05) is 4.90 Å². The van der Waals surface area contributed by atoms with Crippen LogP contribution in [0.4, 0.5) is 17.1 Å². The molecule has 0 bridgehead atoms. The smallest absolute Gasteiger partial charge is 0.0549 e. The lowest BCUT2D eigenvalue weighted by Gasteiger charge is -2.30. The summed E-state index contributed by atoms with van der Waals surface area (Å²) in [7, 11) is 0. The van der Waals surface area contributed by atoms with Gasteiger partial charge in [-0.3, -0.25) is 0 Å². The summed E-state index contributed by atoms with van der Waals surface area (Å²) in [5.74, 6) is 0. The summed E-state index contributed by atoms with van der Waals surface area (Å²) in [6, 6.07) is 80.3. The van der Waals surface area contributed by atoms with Crippen LogP contribution in [0.3, 0.4) is 0 Å². The van der Waals surface area contributed by atoms with Gasteiger partial charge >= 0.3 is 0 Å². The van der Waals surface area contributed by atoms with Crippen molar-refractivity contribution in [2.24, 2.45) is 0 Å². The van der Waals surface area contributed by atoms with Gasteiger partial charge in [0.15, 0.2) is 0 Å². The first kappa shape index (κ1) is 41.0. The first-order chi connectivity index (χ1) is 34.0. The Morgan fingerprint density at radius 3 is 1.00 bits per heavy atom. The summed E-state index contributed by atoms with van der Waals surface area (Å²) in [4.78, 5) is 2.53. The second-order valence-corrected chi connectivity index (χ2v) is 21.6. The molecule has 0 unspecified atom stereocenters. The van der Waals surface area contributed by atoms with E-state index in [0.717, 1.165) is 11.4 Å². The zero-order valence-electron chi connectivity index (χ0n) is 40.7. The predicted octanol–water partition coefficient (Wildman–Crippen LogP) is 18.9. The van der Waals surface area contributed by atoms with Crippen LogP contribution in [-0.2, 0) is 16.2 Å². The van der Waals surface area contributed by atoms with Crippen molar-refractivity contribution in [1.29, 1.82) is 0 Å². The maximum atomic E-state index is 2.53. The molecule has 0 spiro atoms. The molecule has 0 aromatic heterocycles. The van der Waals surface area contributed by atoms with E-state index in [1.165, 1.54) is 127 Å². The molecule has 11 aromatic rings. The largest absolute Gasteiger partial charge is 0.310 e. The fourth-order valence-corrected chi connectivity index (χ4v) is 13.6. The summed E-state index contributed by atoms with van der Waals surface area (Å²) in [6.45, 7) is 14.4. The Bertz CT molecular complexity index is 3820. The maximum Gasteiger partial charge on any atom is 0.0549 e. The Hall–Kier alpha value is -8.00. The third-order valence-electron chi connectivity index (χ3n) is 16.7. The summed E-state index contributed by atoms with van der Waals surface area (Å²) in [6.07, 6.45) is 0. The molecule has 0 amide bonds. The van der Waals surface area contributed by atoms with Gasteiger partial charge in [0, 0.05) is 33.2 Å². The number of fused-ring (bicyclic) bond motifs is 15. The molecule has 0 heterocycles. The highest BCUT2D eigenvalue weighted by Gasteiger charge is 2.42. The molecule has 0 N–H and O–H groups in total. The standard InChI is InChI=1S/C69H53N/c1-67(2)57-28-16-13-25-52(57)61-55(39-44-19-7-10-22-49(44)64(61)67)42-31-35-47(36-32-42)70(60-41-46-21-9-12-24-51(46)66-63(60)54-27-15-18-30-59(54)69(66,5)6)48-37-33-43(34-38-48)56-40-45-20-8-11-23-50(45)65-62(56)53-26-14-17-29-58(53)68(65,3)4/h7-41H,1-6H3. The average molecular weight is 896 g/mol. The minimum Gasteiger partial charge on any atom is -0.310 e. The van der Waals surface area contributed by atoms with Crippen LogP contribution >= 0.6 is 0 Å². The van der Waals surface area contributed by atoms with Crippen LogP contribution in [0.1, 0.15) is 74.9 Å². The summed E-state index contributed by atoms with van der Waals surface area (Å²) in [5, 5.41) is 7.79. The SMILES string of the molecule is CC1(C)c2ccccc2-c2c(-c3ccc(N(c4ccc(-c5cc6ccccc6c6c5-c5ccccc5C6(C)C)cc4)c4cc5ccccc5c5c4-c4ccccc4C5(C)C)cc3)cc3ccccc3c21. The predicted molar refractivity (Wildman–Crippen MR) is 297 cm³/mol. The Labute approximate surface area is 411 Å². The number of hydrogen-bond donors (Lipinski definition) is 0. The summed E-state index contributed by atoms with van der Waals surface area (Å²) < 4.78 is 0. The van der Waals surface area contributed by atoms with Gasteiger partial charge < -0.3 is 4.90 Å². The van der Waals surface area contributed by atoms with Crippen LogP contribution in [0.15, 0.2) is 212 Å². The van der Waals surface area contributed by atoms with Crippen LogP contribution in [0.5, 0.6) is 0 Å². The van der Waals surface area contributed by atoms with Gasteiger partial charge in [0.1, 0.15) is 0 Å². The zero-order chi connectivity index (χ0) is 47.3. The van der Waals surface area contributed by atoms with Gasteiger partial charge in [0.05, 0.1) is 5.69 Å². The van der Waals surface area contributed by atoms with Gasteiger partial charge in [-0.05, 0) is 158 Å². The highest BCUT2D eigenvalue weighted by molar-refractivity contribution is 6.09. The van der Waals surface area contributed by atoms with Gasteiger partial charge in [-0.2, -0.15) is 0 Å². The molecule has 1 heteroatoms. The Balaban J connectivity index is 0.988. The summed E-state index contributed by atoms with van der Waals surface area (Å²) >= 11 is 0. The van der Waals surface area contributed by atoms with E-state index in [-0.39, 0.29) is 16.2 Å². The molecule has 14 rings (SSSR count). The molecular weight excluding hydrogens is 843 g/mol. The number of benzene rings is 11. The zero-order valence-corrected chi connectivity index (χ0v) is 40.7. The van der Waals surface area contributed by atoms with Gasteiger partial charge in [-0.1, -0.05) is 211 Å². The minimum absolute atomic E-state index is 0.127. The quantitative estimate of drug-likeness (QED) is 0.166. The topological polar surface area (TPSA) is 3.24 Å². The molecule has 334 valence electrons. The van der Waals surface area contributed by atoms with Crippen molar-refractivity contribution in [1.82, 2.24) is 0 Å². The molecule has 11 aromatic carbocycles. The van der Waals surface area contributed by atoms with Crippen molar-refractivity contribution in [3.63, 3.8) is 0 Å². The third kappa shape index (κ3) is 5.55. The lowest BCUT2D eigenvalue weighted by atomic mass is 9.79. The van der Waals surface area contributed by atoms with Crippen molar-refractivity contribution in [3.8, 4) is 55.6 Å². The van der Waals surface area contributed by atoms with Crippen molar-refractivity contribution >= 4 is 49.4 Å². The lowest BCUT2D eigenvalue weighted by Crippen LogP contribution is -2.17. The van der Waals surface area contributed by atoms with Crippen molar-refractivity contribution < 1.29 is 0 Å². The Kier molecular flexibility index (Phi) is 8.50. The number of rotatable bonds is 5. The van der Waals surface area contributed by atoms with Crippen LogP contribution in [0.25, 0.3) is 88.0 Å². The van der Waals surface area contributed by atoms with Crippen LogP contribution in [0, 0.1) is 0 Å². The Morgan fingerprint density at radius 1 is 0.286 bits per heavy atom. The average Bonchev–Trinajstić information content (AvgIpc) is 3.90. The van der Waals surface area contributed by atoms with Gasteiger partial charge in [0.2, 0.25) is 0 Å². The van der Waals surface area contributed by atoms with E-state index in [1.54, 1.807) is 0 Å². The van der Waals surface area contributed by atoms with Crippen molar-refractivity contribution in [2.45, 2.75) is 57.8 Å². The minimum atomic E-state index is -0.192. The first-order valence-electron chi connectivity index (χ1n) is 25.0. The van der Waals surface area contributed by atoms with Crippen molar-refractivity contribution in [3.05, 3.63) is 246 Å². The van der Waals surface area contributed by atoms with E-state index in [2.05, 4.69) is 259 Å². The fraction of sp³-hybridized carbons (Fsp3) is 0.130. The molecule has 3 aliphatic carbocycles. The van der Waals surface area contributed by atoms with Crippen LogP contribution < -0.4 is 4.90 Å². The normalized spacial score (nSPS) is 15.1. The molecule has 0 radical (unpaired) electrons. The molecule has 1 nitrogen and oxygen atoms in total. The molecule has 0 atom stereocenters. The monoisotopic (exact) mass is 895 g/mol. The fourth-order valence-electron chi connectivity index (χ4n) is 13.6. The van der Waals surface area contributed by atoms with E-state index < -0.39 is 0 Å². The maximum absolute atomic E-state index is 2.53. The second-order valence-electron chi connectivity index (χ2n) is 21.6. The molecule has 70 heavy (non-hydrogen) atoms. The van der Waals surface area contributed by atoms with Crippen LogP contribution in [-0.4, -0.2) is 0 Å². The summed E-state index contributed by atoms with van der Waals surface area (Å²) in [5.41, 5.74) is 24.4. The third-order valence-corrected chi connectivity index (χ3v) is 16.7. The molecular formula is C69H53N. The van der Waals surface area contributed by atoms with E-state index in [1.807, 2.05) is 0 Å².